The van der Waals surface area contributed by atoms with Crippen molar-refractivity contribution in [3.8, 4) is 5.75 Å². The number of para-hydroxylation sites is 1. The third kappa shape index (κ3) is 4.27. The molecule has 1 N–H and O–H groups in total. The van der Waals surface area contributed by atoms with Gasteiger partial charge in [0.25, 0.3) is 0 Å². The van der Waals surface area contributed by atoms with E-state index in [1.54, 1.807) is 0 Å². The van der Waals surface area contributed by atoms with Gasteiger partial charge in [0, 0.05) is 12.2 Å². The van der Waals surface area contributed by atoms with Gasteiger partial charge in [0.1, 0.15) is 12.4 Å². The van der Waals surface area contributed by atoms with Gasteiger partial charge in [0.05, 0.1) is 0 Å². The lowest BCUT2D eigenvalue weighted by Crippen LogP contribution is -2.13. The van der Waals surface area contributed by atoms with Crippen molar-refractivity contribution in [2.75, 3.05) is 18.5 Å². The number of nitrogens with one attached hydrogen (secondary N) is 1. The van der Waals surface area contributed by atoms with Crippen LogP contribution in [-0.4, -0.2) is 13.2 Å². The number of anilines is 1. The van der Waals surface area contributed by atoms with Crippen LogP contribution < -0.4 is 10.1 Å². The summed E-state index contributed by atoms with van der Waals surface area (Å²) in [4.78, 5) is 0. The summed E-state index contributed by atoms with van der Waals surface area (Å²) in [7, 11) is 0. The minimum Gasteiger partial charge on any atom is -0.491 e. The Morgan fingerprint density at radius 3 is 2.64 bits per heavy atom. The van der Waals surface area contributed by atoms with Crippen molar-refractivity contribution >= 4 is 5.69 Å². The van der Waals surface area contributed by atoms with Crippen LogP contribution in [0.25, 0.3) is 0 Å². The molecule has 0 spiro atoms. The number of ether oxygens (including phenoxy) is 1. The lowest BCUT2D eigenvalue weighted by Gasteiger charge is -2.16. The maximum atomic E-state index is 5.99. The molecule has 0 unspecified atom stereocenters. The molecule has 0 aliphatic rings. The zero-order valence-corrected chi connectivity index (χ0v) is 14.1. The average Bonchev–Trinajstić information content (AvgIpc) is 2.54. The number of benzene rings is 2. The largest absolute Gasteiger partial charge is 0.491 e. The van der Waals surface area contributed by atoms with E-state index in [2.05, 4.69) is 69.4 Å². The van der Waals surface area contributed by atoms with Crippen molar-refractivity contribution in [2.24, 2.45) is 0 Å². The van der Waals surface area contributed by atoms with Gasteiger partial charge in [-0.3, -0.25) is 0 Å². The molecule has 2 heteroatoms. The molecule has 2 aromatic rings. The quantitative estimate of drug-likeness (QED) is 0.699. The van der Waals surface area contributed by atoms with Crippen LogP contribution in [0, 0.1) is 13.8 Å². The number of hydrogen-bond donors (Lipinski definition) is 1. The van der Waals surface area contributed by atoms with E-state index in [1.807, 2.05) is 6.07 Å². The van der Waals surface area contributed by atoms with Gasteiger partial charge in [-0.2, -0.15) is 0 Å². The molecule has 0 saturated heterocycles. The van der Waals surface area contributed by atoms with Crippen LogP contribution in [0.15, 0.2) is 42.5 Å². The van der Waals surface area contributed by atoms with E-state index in [-0.39, 0.29) is 0 Å². The second-order valence-electron chi connectivity index (χ2n) is 5.94. The zero-order valence-electron chi connectivity index (χ0n) is 14.1. The summed E-state index contributed by atoms with van der Waals surface area (Å²) in [6.45, 7) is 10.2. The minimum atomic E-state index is 0.531. The minimum absolute atomic E-state index is 0.531. The second-order valence-corrected chi connectivity index (χ2v) is 5.94. The Kier molecular flexibility index (Phi) is 5.88. The summed E-state index contributed by atoms with van der Waals surface area (Å²) in [5.74, 6) is 1.54. The van der Waals surface area contributed by atoms with E-state index in [1.165, 1.54) is 22.4 Å². The Morgan fingerprint density at radius 1 is 1.09 bits per heavy atom. The SMILES string of the molecule is CC[C@H](C)c1ccccc1OCCNc1cc(C)ccc1C. The molecule has 0 bridgehead atoms. The van der Waals surface area contributed by atoms with Crippen LogP contribution in [0.4, 0.5) is 5.69 Å². The molecule has 1 atom stereocenters. The van der Waals surface area contributed by atoms with E-state index in [0.29, 0.717) is 12.5 Å². The molecule has 0 saturated carbocycles. The van der Waals surface area contributed by atoms with Gasteiger partial charge in [0.15, 0.2) is 0 Å². The molecule has 0 aromatic heterocycles. The van der Waals surface area contributed by atoms with E-state index < -0.39 is 0 Å². The molecule has 2 rings (SSSR count). The van der Waals surface area contributed by atoms with Crippen LogP contribution in [0.2, 0.25) is 0 Å². The topological polar surface area (TPSA) is 21.3 Å². The van der Waals surface area contributed by atoms with Crippen LogP contribution >= 0.6 is 0 Å². The Balaban J connectivity index is 1.90. The van der Waals surface area contributed by atoms with E-state index in [0.717, 1.165) is 18.7 Å². The molecule has 118 valence electrons. The van der Waals surface area contributed by atoms with E-state index in [4.69, 9.17) is 4.74 Å². The molecule has 0 aliphatic heterocycles. The molecular formula is C20H27NO. The monoisotopic (exact) mass is 297 g/mol. The highest BCUT2D eigenvalue weighted by Crippen LogP contribution is 2.28. The Labute approximate surface area is 134 Å². The maximum Gasteiger partial charge on any atom is 0.122 e. The first-order valence-corrected chi connectivity index (χ1v) is 8.14. The van der Waals surface area contributed by atoms with Crippen LogP contribution in [0.3, 0.4) is 0 Å². The molecule has 0 heterocycles. The summed E-state index contributed by atoms with van der Waals surface area (Å²) in [5, 5.41) is 3.46. The van der Waals surface area contributed by atoms with Gasteiger partial charge in [-0.1, -0.05) is 44.2 Å². The van der Waals surface area contributed by atoms with Gasteiger partial charge in [-0.25, -0.2) is 0 Å². The molecule has 0 amide bonds. The summed E-state index contributed by atoms with van der Waals surface area (Å²) < 4.78 is 5.99. The predicted molar refractivity (Wildman–Crippen MR) is 95.0 cm³/mol. The highest BCUT2D eigenvalue weighted by atomic mass is 16.5. The lowest BCUT2D eigenvalue weighted by molar-refractivity contribution is 0.327. The smallest absolute Gasteiger partial charge is 0.122 e. The Bertz CT molecular complexity index is 606. The van der Waals surface area contributed by atoms with Crippen LogP contribution in [-0.2, 0) is 0 Å². The highest BCUT2D eigenvalue weighted by molar-refractivity contribution is 5.52. The zero-order chi connectivity index (χ0) is 15.9. The normalized spacial score (nSPS) is 12.0. The lowest BCUT2D eigenvalue weighted by atomic mass is 9.98. The van der Waals surface area contributed by atoms with Crippen molar-refractivity contribution in [3.05, 3.63) is 59.2 Å². The van der Waals surface area contributed by atoms with Gasteiger partial charge in [0.2, 0.25) is 0 Å². The standard InChI is InChI=1S/C20H27NO/c1-5-16(3)18-8-6-7-9-20(18)22-13-12-21-19-14-15(2)10-11-17(19)4/h6-11,14,16,21H,5,12-13H2,1-4H3/t16-/m0/s1. The highest BCUT2D eigenvalue weighted by Gasteiger charge is 2.09. The predicted octanol–water partition coefficient (Wildman–Crippen LogP) is 5.31. The summed E-state index contributed by atoms with van der Waals surface area (Å²) >= 11 is 0. The summed E-state index contributed by atoms with van der Waals surface area (Å²) in [5.41, 5.74) is 5.04. The molecule has 0 radical (unpaired) electrons. The summed E-state index contributed by atoms with van der Waals surface area (Å²) in [6, 6.07) is 14.8. The number of aryl methyl sites for hydroxylation is 2. The van der Waals surface area contributed by atoms with Gasteiger partial charge in [-0.15, -0.1) is 0 Å². The molecule has 0 aliphatic carbocycles. The van der Waals surface area contributed by atoms with Crippen LogP contribution in [0.1, 0.15) is 42.9 Å². The summed E-state index contributed by atoms with van der Waals surface area (Å²) in [6.07, 6.45) is 1.13. The van der Waals surface area contributed by atoms with Gasteiger partial charge >= 0.3 is 0 Å². The number of rotatable bonds is 7. The van der Waals surface area contributed by atoms with Gasteiger partial charge in [-0.05, 0) is 55.0 Å². The molecular weight excluding hydrogens is 270 g/mol. The first-order valence-electron chi connectivity index (χ1n) is 8.14. The van der Waals surface area contributed by atoms with Crippen LogP contribution in [0.5, 0.6) is 5.75 Å². The molecule has 2 nitrogen and oxygen atoms in total. The third-order valence-corrected chi connectivity index (χ3v) is 4.13. The molecule has 22 heavy (non-hydrogen) atoms. The van der Waals surface area contributed by atoms with Crippen molar-refractivity contribution in [1.82, 2.24) is 0 Å². The Morgan fingerprint density at radius 2 is 1.86 bits per heavy atom. The first kappa shape index (κ1) is 16.4. The second kappa shape index (κ2) is 7.88. The van der Waals surface area contributed by atoms with Crippen molar-refractivity contribution in [2.45, 2.75) is 40.0 Å². The van der Waals surface area contributed by atoms with Crippen molar-refractivity contribution in [3.63, 3.8) is 0 Å². The average molecular weight is 297 g/mol. The molecule has 0 fully saturated rings. The number of hydrogen-bond acceptors (Lipinski definition) is 2. The fraction of sp³-hybridized carbons (Fsp3) is 0.400. The fourth-order valence-corrected chi connectivity index (χ4v) is 2.51. The van der Waals surface area contributed by atoms with Gasteiger partial charge < -0.3 is 10.1 Å². The van der Waals surface area contributed by atoms with E-state index >= 15 is 0 Å². The van der Waals surface area contributed by atoms with E-state index in [9.17, 15) is 0 Å². The maximum absolute atomic E-state index is 5.99. The molecule has 2 aromatic carbocycles. The third-order valence-electron chi connectivity index (χ3n) is 4.13. The first-order chi connectivity index (χ1) is 10.6. The Hall–Kier alpha value is -1.96. The van der Waals surface area contributed by atoms with Crippen molar-refractivity contribution < 1.29 is 4.74 Å². The fourth-order valence-electron chi connectivity index (χ4n) is 2.51. The van der Waals surface area contributed by atoms with Crippen molar-refractivity contribution in [1.29, 1.82) is 0 Å².